The van der Waals surface area contributed by atoms with Gasteiger partial charge in [0.2, 0.25) is 0 Å². The SMILES string of the molecule is O=S(=O)(c1ccccc1)N(Cc1ccccc1)c1ccc(N=Cc2ccc(Cl)cc2)cc1. The van der Waals surface area contributed by atoms with Gasteiger partial charge in [-0.3, -0.25) is 9.30 Å². The fourth-order valence-electron chi connectivity index (χ4n) is 3.19. The maximum Gasteiger partial charge on any atom is 0.264 e. The van der Waals surface area contributed by atoms with E-state index in [0.29, 0.717) is 10.7 Å². The van der Waals surface area contributed by atoms with Gasteiger partial charge in [-0.25, -0.2) is 8.42 Å². The van der Waals surface area contributed by atoms with Gasteiger partial charge in [-0.1, -0.05) is 72.3 Å². The highest BCUT2D eigenvalue weighted by atomic mass is 35.5. The number of nitrogens with zero attached hydrogens (tertiary/aromatic N) is 2. The van der Waals surface area contributed by atoms with Crippen molar-refractivity contribution >= 4 is 39.2 Å². The summed E-state index contributed by atoms with van der Waals surface area (Å²) in [5, 5.41) is 0.671. The van der Waals surface area contributed by atoms with Crippen LogP contribution in [0, 0.1) is 0 Å². The molecule has 0 heterocycles. The highest BCUT2D eigenvalue weighted by Crippen LogP contribution is 2.28. The zero-order chi connectivity index (χ0) is 22.4. The number of anilines is 1. The third kappa shape index (κ3) is 5.25. The van der Waals surface area contributed by atoms with Crippen LogP contribution in [0.3, 0.4) is 0 Å². The highest BCUT2D eigenvalue weighted by molar-refractivity contribution is 7.92. The summed E-state index contributed by atoms with van der Waals surface area (Å²) in [6.45, 7) is 0.228. The molecule has 0 amide bonds. The summed E-state index contributed by atoms with van der Waals surface area (Å²) in [4.78, 5) is 4.73. The number of halogens is 1. The van der Waals surface area contributed by atoms with Crippen molar-refractivity contribution in [1.82, 2.24) is 0 Å². The molecule has 4 nitrogen and oxygen atoms in total. The molecular formula is C26H21ClN2O2S. The van der Waals surface area contributed by atoms with Gasteiger partial charge in [0, 0.05) is 11.2 Å². The molecule has 0 atom stereocenters. The first-order chi connectivity index (χ1) is 15.5. The Bertz CT molecular complexity index is 1290. The van der Waals surface area contributed by atoms with Crippen LogP contribution in [0.4, 0.5) is 11.4 Å². The second kappa shape index (κ2) is 9.81. The Labute approximate surface area is 193 Å². The topological polar surface area (TPSA) is 49.7 Å². The molecule has 4 aromatic carbocycles. The van der Waals surface area contributed by atoms with Crippen LogP contribution in [0.15, 0.2) is 119 Å². The first kappa shape index (κ1) is 21.8. The minimum Gasteiger partial charge on any atom is -0.262 e. The first-order valence-electron chi connectivity index (χ1n) is 10.0. The summed E-state index contributed by atoms with van der Waals surface area (Å²) in [5.41, 5.74) is 3.12. The molecule has 0 bridgehead atoms. The van der Waals surface area contributed by atoms with E-state index in [4.69, 9.17) is 11.6 Å². The van der Waals surface area contributed by atoms with E-state index in [2.05, 4.69) is 4.99 Å². The predicted molar refractivity (Wildman–Crippen MR) is 131 cm³/mol. The van der Waals surface area contributed by atoms with Crippen molar-refractivity contribution in [2.24, 2.45) is 4.99 Å². The Kier molecular flexibility index (Phi) is 6.69. The van der Waals surface area contributed by atoms with Crippen LogP contribution in [0.25, 0.3) is 0 Å². The normalized spacial score (nSPS) is 11.5. The first-order valence-corrected chi connectivity index (χ1v) is 11.9. The molecule has 0 saturated heterocycles. The summed E-state index contributed by atoms with van der Waals surface area (Å²) in [6, 6.07) is 32.6. The van der Waals surface area contributed by atoms with E-state index in [0.717, 1.165) is 16.8 Å². The lowest BCUT2D eigenvalue weighted by molar-refractivity contribution is 0.590. The van der Waals surface area contributed by atoms with Gasteiger partial charge in [0.15, 0.2) is 0 Å². The van der Waals surface area contributed by atoms with Gasteiger partial charge < -0.3 is 0 Å². The van der Waals surface area contributed by atoms with E-state index in [-0.39, 0.29) is 11.4 Å². The Balaban J connectivity index is 1.64. The summed E-state index contributed by atoms with van der Waals surface area (Å²) in [7, 11) is -3.74. The molecular weight excluding hydrogens is 440 g/mol. The van der Waals surface area contributed by atoms with Gasteiger partial charge in [0.05, 0.1) is 22.8 Å². The van der Waals surface area contributed by atoms with E-state index in [1.807, 2.05) is 54.6 Å². The zero-order valence-corrected chi connectivity index (χ0v) is 18.7. The average molecular weight is 461 g/mol. The molecule has 0 aliphatic heterocycles. The monoisotopic (exact) mass is 460 g/mol. The standard InChI is InChI=1S/C26H21ClN2O2S/c27-23-13-11-21(12-14-23)19-28-24-15-17-25(18-16-24)29(20-22-7-3-1-4-8-22)32(30,31)26-9-5-2-6-10-26/h1-19H,20H2. The van der Waals surface area contributed by atoms with Crippen molar-refractivity contribution in [2.45, 2.75) is 11.4 Å². The van der Waals surface area contributed by atoms with Crippen molar-refractivity contribution < 1.29 is 8.42 Å². The largest absolute Gasteiger partial charge is 0.264 e. The minimum absolute atomic E-state index is 0.228. The summed E-state index contributed by atoms with van der Waals surface area (Å²) in [6.07, 6.45) is 1.74. The van der Waals surface area contributed by atoms with E-state index < -0.39 is 10.0 Å². The molecule has 0 aromatic heterocycles. The van der Waals surface area contributed by atoms with E-state index >= 15 is 0 Å². The van der Waals surface area contributed by atoms with Gasteiger partial charge >= 0.3 is 0 Å². The van der Waals surface area contributed by atoms with Gasteiger partial charge in [0.1, 0.15) is 0 Å². The molecule has 160 valence electrons. The van der Waals surface area contributed by atoms with E-state index in [1.54, 1.807) is 60.8 Å². The lowest BCUT2D eigenvalue weighted by Crippen LogP contribution is -2.30. The molecule has 6 heteroatoms. The van der Waals surface area contributed by atoms with Crippen LogP contribution in [-0.4, -0.2) is 14.6 Å². The van der Waals surface area contributed by atoms with Gasteiger partial charge in [-0.05, 0) is 59.7 Å². The van der Waals surface area contributed by atoms with Crippen LogP contribution < -0.4 is 4.31 Å². The third-order valence-corrected chi connectivity index (χ3v) is 6.91. The van der Waals surface area contributed by atoms with E-state index in [9.17, 15) is 8.42 Å². The Hall–Kier alpha value is -3.41. The van der Waals surface area contributed by atoms with Crippen LogP contribution in [0.1, 0.15) is 11.1 Å². The Morgan fingerprint density at radius 3 is 1.97 bits per heavy atom. The molecule has 4 rings (SSSR count). The number of hydrogen-bond acceptors (Lipinski definition) is 3. The number of sulfonamides is 1. The maximum atomic E-state index is 13.4. The molecule has 4 aromatic rings. The second-order valence-electron chi connectivity index (χ2n) is 7.14. The molecule has 0 spiro atoms. The lowest BCUT2D eigenvalue weighted by Gasteiger charge is -2.25. The van der Waals surface area contributed by atoms with Crippen LogP contribution >= 0.6 is 11.6 Å². The number of benzene rings is 4. The highest BCUT2D eigenvalue weighted by Gasteiger charge is 2.25. The molecule has 0 aliphatic carbocycles. The molecule has 32 heavy (non-hydrogen) atoms. The maximum absolute atomic E-state index is 13.4. The summed E-state index contributed by atoms with van der Waals surface area (Å²) in [5.74, 6) is 0. The van der Waals surface area contributed by atoms with Gasteiger partial charge in [0.25, 0.3) is 10.0 Å². The number of rotatable bonds is 7. The molecule has 0 fully saturated rings. The molecule has 0 radical (unpaired) electrons. The Morgan fingerprint density at radius 2 is 1.34 bits per heavy atom. The molecule has 0 N–H and O–H groups in total. The second-order valence-corrected chi connectivity index (χ2v) is 9.44. The van der Waals surface area contributed by atoms with Crippen LogP contribution in [0.5, 0.6) is 0 Å². The van der Waals surface area contributed by atoms with Gasteiger partial charge in [-0.15, -0.1) is 0 Å². The summed E-state index contributed by atoms with van der Waals surface area (Å²) < 4.78 is 28.3. The average Bonchev–Trinajstić information content (AvgIpc) is 2.84. The predicted octanol–water partition coefficient (Wildman–Crippen LogP) is 6.49. The van der Waals surface area contributed by atoms with Crippen molar-refractivity contribution in [3.05, 3.63) is 125 Å². The molecule has 0 saturated carbocycles. The molecule has 0 aliphatic rings. The minimum atomic E-state index is -3.74. The molecule has 0 unspecified atom stereocenters. The lowest BCUT2D eigenvalue weighted by atomic mass is 10.2. The fraction of sp³-hybridized carbons (Fsp3) is 0.0385. The van der Waals surface area contributed by atoms with Gasteiger partial charge in [-0.2, -0.15) is 0 Å². The van der Waals surface area contributed by atoms with E-state index in [1.165, 1.54) is 4.31 Å². The quantitative estimate of drug-likeness (QED) is 0.296. The number of hydrogen-bond donors (Lipinski definition) is 0. The zero-order valence-electron chi connectivity index (χ0n) is 17.2. The fourth-order valence-corrected chi connectivity index (χ4v) is 4.79. The number of aliphatic imine (C=N–C) groups is 1. The van der Waals surface area contributed by atoms with Crippen LogP contribution in [0.2, 0.25) is 5.02 Å². The van der Waals surface area contributed by atoms with Crippen molar-refractivity contribution in [3.8, 4) is 0 Å². The van der Waals surface area contributed by atoms with Crippen molar-refractivity contribution in [2.75, 3.05) is 4.31 Å². The Morgan fingerprint density at radius 1 is 0.750 bits per heavy atom. The third-order valence-electron chi connectivity index (χ3n) is 4.87. The van der Waals surface area contributed by atoms with Crippen molar-refractivity contribution in [1.29, 1.82) is 0 Å². The van der Waals surface area contributed by atoms with Crippen LogP contribution in [-0.2, 0) is 16.6 Å². The summed E-state index contributed by atoms with van der Waals surface area (Å²) >= 11 is 5.92. The smallest absolute Gasteiger partial charge is 0.262 e. The van der Waals surface area contributed by atoms with Crippen molar-refractivity contribution in [3.63, 3.8) is 0 Å².